The van der Waals surface area contributed by atoms with Crippen LogP contribution in [-0.2, 0) is 11.4 Å². The smallest absolute Gasteiger partial charge is 0.304 e. The van der Waals surface area contributed by atoms with Gasteiger partial charge in [0.25, 0.3) is 0 Å². The van der Waals surface area contributed by atoms with Crippen molar-refractivity contribution in [3.8, 4) is 23.0 Å². The summed E-state index contributed by atoms with van der Waals surface area (Å²) in [5, 5.41) is 8.99. The number of halogens is 1. The van der Waals surface area contributed by atoms with E-state index in [0.29, 0.717) is 36.2 Å². The molecule has 0 fully saturated rings. The lowest BCUT2D eigenvalue weighted by Gasteiger charge is -2.16. The highest BCUT2D eigenvalue weighted by Crippen LogP contribution is 2.44. The van der Waals surface area contributed by atoms with Crippen LogP contribution in [0.5, 0.6) is 23.0 Å². The highest BCUT2D eigenvalue weighted by Gasteiger charge is 2.34. The summed E-state index contributed by atoms with van der Waals surface area (Å²) in [4.78, 5) is 11.0. The molecule has 2 heterocycles. The molecule has 0 spiro atoms. The number of carbonyl (C=O) groups is 1. The Morgan fingerprint density at radius 1 is 1.26 bits per heavy atom. The van der Waals surface area contributed by atoms with Crippen LogP contribution in [0.1, 0.15) is 37.3 Å². The van der Waals surface area contributed by atoms with Crippen LogP contribution in [0.25, 0.3) is 0 Å². The zero-order chi connectivity index (χ0) is 19.2. The van der Waals surface area contributed by atoms with Gasteiger partial charge < -0.3 is 24.1 Å². The van der Waals surface area contributed by atoms with Crippen LogP contribution in [0, 0.1) is 0 Å². The topological polar surface area (TPSA) is 74.2 Å². The molecule has 0 amide bonds. The molecule has 27 heavy (non-hydrogen) atoms. The van der Waals surface area contributed by atoms with E-state index in [4.69, 9.17) is 24.1 Å². The lowest BCUT2D eigenvalue weighted by atomic mass is 9.98. The molecule has 0 bridgehead atoms. The summed E-state index contributed by atoms with van der Waals surface area (Å²) in [6.07, 6.45) is 0.0600. The van der Waals surface area contributed by atoms with E-state index < -0.39 is 11.8 Å². The van der Waals surface area contributed by atoms with Gasteiger partial charge in [-0.1, -0.05) is 22.0 Å². The third-order valence-corrected chi connectivity index (χ3v) is 4.94. The Morgan fingerprint density at radius 2 is 2.07 bits per heavy atom. The fourth-order valence-corrected chi connectivity index (χ4v) is 3.82. The summed E-state index contributed by atoms with van der Waals surface area (Å²) in [5.41, 5.74) is 1.78. The van der Waals surface area contributed by atoms with Crippen molar-refractivity contribution in [3.63, 3.8) is 0 Å². The molecule has 0 aliphatic carbocycles. The number of aliphatic carboxylic acids is 1. The first-order chi connectivity index (χ1) is 12.8. The molecule has 2 aromatic rings. The van der Waals surface area contributed by atoms with Crippen molar-refractivity contribution >= 4 is 21.9 Å². The van der Waals surface area contributed by atoms with Crippen LogP contribution in [0.3, 0.4) is 0 Å². The maximum atomic E-state index is 11.0. The minimum absolute atomic E-state index is 0.0600. The Morgan fingerprint density at radius 3 is 2.85 bits per heavy atom. The van der Waals surface area contributed by atoms with E-state index in [9.17, 15) is 4.79 Å². The lowest BCUT2D eigenvalue weighted by Crippen LogP contribution is -2.29. The SMILES string of the molecule is CC1(C)Oc2cc(Br)cc(COc3ccc4c(c3)OCC4CC(=O)O)c2O1. The number of carboxylic acids is 1. The summed E-state index contributed by atoms with van der Waals surface area (Å²) in [6, 6.07) is 9.33. The molecule has 1 N–H and O–H groups in total. The zero-order valence-corrected chi connectivity index (χ0v) is 16.5. The third-order valence-electron chi connectivity index (χ3n) is 4.48. The van der Waals surface area contributed by atoms with E-state index in [0.717, 1.165) is 15.6 Å². The van der Waals surface area contributed by atoms with E-state index >= 15 is 0 Å². The Labute approximate surface area is 165 Å². The first kappa shape index (κ1) is 18.0. The zero-order valence-electron chi connectivity index (χ0n) is 15.0. The van der Waals surface area contributed by atoms with Gasteiger partial charge in [-0.2, -0.15) is 0 Å². The van der Waals surface area contributed by atoms with Crippen LogP contribution >= 0.6 is 15.9 Å². The Bertz CT molecular complexity index is 908. The van der Waals surface area contributed by atoms with Gasteiger partial charge in [0.2, 0.25) is 5.79 Å². The van der Waals surface area contributed by atoms with Gasteiger partial charge in [-0.05, 0) is 18.2 Å². The number of ether oxygens (including phenoxy) is 4. The fraction of sp³-hybridized carbons (Fsp3) is 0.350. The van der Waals surface area contributed by atoms with Crippen LogP contribution in [0.2, 0.25) is 0 Å². The Balaban J connectivity index is 1.50. The number of hydrogen-bond acceptors (Lipinski definition) is 5. The fourth-order valence-electron chi connectivity index (χ4n) is 3.34. The lowest BCUT2D eigenvalue weighted by molar-refractivity contribution is -0.137. The van der Waals surface area contributed by atoms with Gasteiger partial charge in [-0.25, -0.2) is 0 Å². The molecule has 0 saturated heterocycles. The number of rotatable bonds is 5. The average Bonchev–Trinajstić information content (AvgIpc) is 3.11. The van der Waals surface area contributed by atoms with Crippen LogP contribution in [0.15, 0.2) is 34.8 Å². The van der Waals surface area contributed by atoms with E-state index in [2.05, 4.69) is 15.9 Å². The van der Waals surface area contributed by atoms with E-state index in [1.807, 2.05) is 38.1 Å². The average molecular weight is 435 g/mol. The third kappa shape index (κ3) is 3.69. The van der Waals surface area contributed by atoms with Crippen LogP contribution in [-0.4, -0.2) is 23.5 Å². The molecule has 142 valence electrons. The molecule has 6 nitrogen and oxygen atoms in total. The van der Waals surface area contributed by atoms with Crippen molar-refractivity contribution in [2.45, 2.75) is 38.6 Å². The standard InChI is InChI=1S/C20H19BrO6/c1-20(2)26-17-7-13(21)5-12(19(17)27-20)10-24-14-3-4-15-11(6-18(22)23)9-25-16(15)8-14/h3-5,7-8,11H,6,9-10H2,1-2H3,(H,22,23). The Kier molecular flexibility index (Phi) is 4.42. The highest BCUT2D eigenvalue weighted by molar-refractivity contribution is 9.10. The predicted octanol–water partition coefficient (Wildman–Crippen LogP) is 4.49. The number of benzene rings is 2. The normalized spacial score (nSPS) is 18.7. The van der Waals surface area contributed by atoms with Gasteiger partial charge in [-0.3, -0.25) is 4.79 Å². The summed E-state index contributed by atoms with van der Waals surface area (Å²) in [7, 11) is 0. The minimum Gasteiger partial charge on any atom is -0.492 e. The van der Waals surface area contributed by atoms with Crippen LogP contribution in [0.4, 0.5) is 0 Å². The number of hydrogen-bond donors (Lipinski definition) is 1. The molecular weight excluding hydrogens is 416 g/mol. The van der Waals surface area contributed by atoms with Gasteiger partial charge in [0.15, 0.2) is 11.5 Å². The molecule has 2 aliphatic rings. The number of carboxylic acid groups (broad SMARTS) is 1. The van der Waals surface area contributed by atoms with E-state index in [-0.39, 0.29) is 12.3 Å². The van der Waals surface area contributed by atoms with Crippen molar-refractivity contribution in [2.24, 2.45) is 0 Å². The second-order valence-electron chi connectivity index (χ2n) is 7.09. The first-order valence-electron chi connectivity index (χ1n) is 8.62. The molecule has 7 heteroatoms. The Hall–Kier alpha value is -2.41. The van der Waals surface area contributed by atoms with Gasteiger partial charge in [0.1, 0.15) is 18.1 Å². The molecule has 0 aromatic heterocycles. The van der Waals surface area contributed by atoms with Gasteiger partial charge in [0.05, 0.1) is 13.0 Å². The van der Waals surface area contributed by atoms with Crippen molar-refractivity contribution in [1.29, 1.82) is 0 Å². The maximum absolute atomic E-state index is 11.0. The summed E-state index contributed by atoms with van der Waals surface area (Å²) in [5.74, 6) is 1.04. The number of fused-ring (bicyclic) bond motifs is 2. The predicted molar refractivity (Wildman–Crippen MR) is 101 cm³/mol. The second-order valence-corrected chi connectivity index (χ2v) is 8.01. The quantitative estimate of drug-likeness (QED) is 0.747. The van der Waals surface area contributed by atoms with E-state index in [1.54, 1.807) is 6.07 Å². The second kappa shape index (κ2) is 6.64. The van der Waals surface area contributed by atoms with Crippen molar-refractivity contribution in [3.05, 3.63) is 45.9 Å². The molecule has 2 aromatic carbocycles. The van der Waals surface area contributed by atoms with Gasteiger partial charge >= 0.3 is 5.97 Å². The molecule has 2 aliphatic heterocycles. The molecule has 4 rings (SSSR count). The largest absolute Gasteiger partial charge is 0.492 e. The van der Waals surface area contributed by atoms with Gasteiger partial charge in [-0.15, -0.1) is 0 Å². The minimum atomic E-state index is -0.828. The molecule has 0 saturated carbocycles. The van der Waals surface area contributed by atoms with Gasteiger partial charge in [0, 0.05) is 41.4 Å². The first-order valence-corrected chi connectivity index (χ1v) is 9.42. The summed E-state index contributed by atoms with van der Waals surface area (Å²) >= 11 is 3.49. The van der Waals surface area contributed by atoms with Crippen molar-refractivity contribution in [1.82, 2.24) is 0 Å². The van der Waals surface area contributed by atoms with E-state index in [1.165, 1.54) is 0 Å². The molecule has 1 unspecified atom stereocenters. The van der Waals surface area contributed by atoms with Crippen LogP contribution < -0.4 is 18.9 Å². The van der Waals surface area contributed by atoms with Crippen molar-refractivity contribution < 1.29 is 28.8 Å². The molecule has 1 atom stereocenters. The summed E-state index contributed by atoms with van der Waals surface area (Å²) in [6.45, 7) is 4.40. The highest BCUT2D eigenvalue weighted by atomic mass is 79.9. The summed E-state index contributed by atoms with van der Waals surface area (Å²) < 4.78 is 24.1. The molecular formula is C20H19BrO6. The monoisotopic (exact) mass is 434 g/mol. The molecule has 0 radical (unpaired) electrons. The maximum Gasteiger partial charge on any atom is 0.304 e. The van der Waals surface area contributed by atoms with Crippen molar-refractivity contribution in [2.75, 3.05) is 6.61 Å².